The summed E-state index contributed by atoms with van der Waals surface area (Å²) in [5, 5.41) is 21.0. The van der Waals surface area contributed by atoms with Crippen LogP contribution in [0.1, 0.15) is 90.4 Å². The smallest absolute Gasteiger partial charge is 0.397 e. The maximum Gasteiger partial charge on any atom is 0.397 e. The van der Waals surface area contributed by atoms with E-state index in [4.69, 9.17) is 24.2 Å². The first kappa shape index (κ1) is 35.3. The standard InChI is InChI=1S/C22H45NO5.CH4O4S/c1-2-3-4-5-6-7-8-9-10-11-15-23-21(13-18-28-20-16-24)12-17-27-19-14-22(25)26;1-5-6(2,3)4/h21,23-24H,2-20H2,1H3,(H,25,26);1H3,(H,2,3,4). The summed E-state index contributed by atoms with van der Waals surface area (Å²) in [5.41, 5.74) is 0. The van der Waals surface area contributed by atoms with Crippen molar-refractivity contribution in [2.45, 2.75) is 96.4 Å². The molecule has 0 aromatic carbocycles. The second-order valence-corrected chi connectivity index (χ2v) is 9.29. The van der Waals surface area contributed by atoms with Crippen LogP contribution in [0.25, 0.3) is 0 Å². The number of unbranched alkanes of at least 4 members (excludes halogenated alkanes) is 9. The summed E-state index contributed by atoms with van der Waals surface area (Å²) < 4.78 is 40.5. The SMILES string of the molecule is CCCCCCCCCCCCNC(CCOCCO)CCOCCC(=O)O.COS(=O)(=O)O. The Balaban J connectivity index is 0. The minimum atomic E-state index is -4.16. The summed E-state index contributed by atoms with van der Waals surface area (Å²) in [6.45, 7) is 5.12. The Morgan fingerprint density at radius 2 is 1.32 bits per heavy atom. The normalized spacial score (nSPS) is 12.2. The van der Waals surface area contributed by atoms with Crippen LogP contribution in [0.2, 0.25) is 0 Å². The Labute approximate surface area is 206 Å². The van der Waals surface area contributed by atoms with Crippen LogP contribution in [-0.2, 0) is 28.9 Å². The first-order valence-electron chi connectivity index (χ1n) is 12.5. The molecular formula is C23H49NO9S. The lowest BCUT2D eigenvalue weighted by atomic mass is 10.1. The van der Waals surface area contributed by atoms with Gasteiger partial charge in [-0.05, 0) is 25.8 Å². The molecule has 0 rings (SSSR count). The van der Waals surface area contributed by atoms with Gasteiger partial charge in [-0.1, -0.05) is 64.7 Å². The second kappa shape index (κ2) is 26.8. The minimum Gasteiger partial charge on any atom is -0.481 e. The van der Waals surface area contributed by atoms with E-state index in [1.165, 1.54) is 64.2 Å². The van der Waals surface area contributed by atoms with Crippen LogP contribution in [0, 0.1) is 0 Å². The maximum absolute atomic E-state index is 10.5. The fourth-order valence-electron chi connectivity index (χ4n) is 3.15. The topological polar surface area (TPSA) is 152 Å². The average Bonchev–Trinajstić information content (AvgIpc) is 2.79. The third-order valence-corrected chi connectivity index (χ3v) is 5.51. The first-order chi connectivity index (χ1) is 16.3. The van der Waals surface area contributed by atoms with Crippen LogP contribution in [-0.4, -0.2) is 81.9 Å². The molecule has 0 aromatic rings. The molecule has 0 spiro atoms. The fourth-order valence-corrected chi connectivity index (χ4v) is 3.15. The van der Waals surface area contributed by atoms with Crippen molar-refractivity contribution in [3.63, 3.8) is 0 Å². The lowest BCUT2D eigenvalue weighted by molar-refractivity contribution is -0.138. The molecule has 34 heavy (non-hydrogen) atoms. The predicted molar refractivity (Wildman–Crippen MR) is 132 cm³/mol. The van der Waals surface area contributed by atoms with Crippen molar-refractivity contribution < 1.29 is 41.6 Å². The van der Waals surface area contributed by atoms with Gasteiger partial charge >= 0.3 is 16.4 Å². The third kappa shape index (κ3) is 33.4. The summed E-state index contributed by atoms with van der Waals surface area (Å²) in [7, 11) is -3.29. The van der Waals surface area contributed by atoms with Gasteiger partial charge in [-0.15, -0.1) is 0 Å². The molecule has 0 saturated carbocycles. The van der Waals surface area contributed by atoms with Crippen molar-refractivity contribution in [2.24, 2.45) is 0 Å². The highest BCUT2D eigenvalue weighted by molar-refractivity contribution is 7.80. The zero-order valence-corrected chi connectivity index (χ0v) is 22.0. The zero-order chi connectivity index (χ0) is 25.9. The largest absolute Gasteiger partial charge is 0.481 e. The Morgan fingerprint density at radius 1 is 0.853 bits per heavy atom. The van der Waals surface area contributed by atoms with Crippen molar-refractivity contribution in [3.05, 3.63) is 0 Å². The lowest BCUT2D eigenvalue weighted by Gasteiger charge is -2.19. The van der Waals surface area contributed by atoms with Gasteiger partial charge in [0.2, 0.25) is 0 Å². The molecule has 0 amide bonds. The van der Waals surface area contributed by atoms with Crippen molar-refractivity contribution in [1.29, 1.82) is 0 Å². The van der Waals surface area contributed by atoms with Crippen LogP contribution in [0.5, 0.6) is 0 Å². The second-order valence-electron chi connectivity index (χ2n) is 8.10. The molecule has 0 radical (unpaired) electrons. The number of aliphatic carboxylic acids is 1. The molecule has 0 fully saturated rings. The number of aliphatic hydroxyl groups excluding tert-OH is 1. The molecule has 11 heteroatoms. The highest BCUT2D eigenvalue weighted by Gasteiger charge is 2.08. The monoisotopic (exact) mass is 515 g/mol. The number of carbonyl (C=O) groups is 1. The number of hydrogen-bond acceptors (Lipinski definition) is 8. The summed E-state index contributed by atoms with van der Waals surface area (Å²) in [6.07, 6.45) is 15.1. The van der Waals surface area contributed by atoms with E-state index in [0.717, 1.165) is 26.5 Å². The van der Waals surface area contributed by atoms with Crippen LogP contribution in [0.4, 0.5) is 0 Å². The van der Waals surface area contributed by atoms with Crippen LogP contribution in [0.15, 0.2) is 0 Å². The van der Waals surface area contributed by atoms with Gasteiger partial charge in [-0.2, -0.15) is 8.42 Å². The molecule has 4 N–H and O–H groups in total. The number of rotatable bonds is 24. The number of carboxylic acid groups (broad SMARTS) is 1. The van der Waals surface area contributed by atoms with Gasteiger partial charge in [0.25, 0.3) is 0 Å². The number of nitrogens with one attached hydrogen (secondary N) is 1. The molecule has 0 bridgehead atoms. The molecule has 1 unspecified atom stereocenters. The van der Waals surface area contributed by atoms with E-state index in [0.29, 0.717) is 25.9 Å². The van der Waals surface area contributed by atoms with Gasteiger partial charge in [0, 0.05) is 19.3 Å². The number of hydrogen-bond donors (Lipinski definition) is 4. The molecule has 0 aromatic heterocycles. The molecule has 0 aliphatic heterocycles. The van der Waals surface area contributed by atoms with Gasteiger partial charge in [0.05, 0.1) is 33.4 Å². The third-order valence-electron chi connectivity index (χ3n) is 5.09. The van der Waals surface area contributed by atoms with E-state index in [2.05, 4.69) is 16.4 Å². The summed E-state index contributed by atoms with van der Waals surface area (Å²) in [6, 6.07) is 0.307. The molecule has 0 heterocycles. The van der Waals surface area contributed by atoms with E-state index < -0.39 is 16.4 Å². The average molecular weight is 516 g/mol. The predicted octanol–water partition coefficient (Wildman–Crippen LogP) is 3.58. The van der Waals surface area contributed by atoms with Gasteiger partial charge in [0.1, 0.15) is 0 Å². The summed E-state index contributed by atoms with van der Waals surface area (Å²) in [4.78, 5) is 10.5. The summed E-state index contributed by atoms with van der Waals surface area (Å²) in [5.74, 6) is -0.826. The summed E-state index contributed by atoms with van der Waals surface area (Å²) >= 11 is 0. The molecule has 0 aliphatic carbocycles. The first-order valence-corrected chi connectivity index (χ1v) is 13.9. The van der Waals surface area contributed by atoms with Crippen molar-refractivity contribution >= 4 is 16.4 Å². The van der Waals surface area contributed by atoms with Gasteiger partial charge in [-0.3, -0.25) is 13.5 Å². The van der Waals surface area contributed by atoms with E-state index >= 15 is 0 Å². The highest BCUT2D eigenvalue weighted by atomic mass is 32.3. The molecule has 10 nitrogen and oxygen atoms in total. The molecule has 206 valence electrons. The van der Waals surface area contributed by atoms with Crippen LogP contribution >= 0.6 is 0 Å². The van der Waals surface area contributed by atoms with E-state index in [1.807, 2.05) is 0 Å². The Hall–Kier alpha value is -0.820. The van der Waals surface area contributed by atoms with Crippen molar-refractivity contribution in [2.75, 3.05) is 46.7 Å². The fraction of sp³-hybridized carbons (Fsp3) is 0.957. The van der Waals surface area contributed by atoms with Crippen LogP contribution < -0.4 is 5.32 Å². The van der Waals surface area contributed by atoms with Gasteiger partial charge < -0.3 is 25.0 Å². The van der Waals surface area contributed by atoms with Gasteiger partial charge in [-0.25, -0.2) is 0 Å². The quantitative estimate of drug-likeness (QED) is 0.111. The Morgan fingerprint density at radius 3 is 1.76 bits per heavy atom. The zero-order valence-electron chi connectivity index (χ0n) is 21.2. The number of aliphatic hydroxyl groups is 1. The molecule has 1 atom stereocenters. The van der Waals surface area contributed by atoms with E-state index in [-0.39, 0.29) is 19.6 Å². The Kier molecular flexibility index (Phi) is 27.8. The van der Waals surface area contributed by atoms with Crippen LogP contribution in [0.3, 0.4) is 0 Å². The molecule has 0 aliphatic rings. The Bertz CT molecular complexity index is 533. The highest BCUT2D eigenvalue weighted by Crippen LogP contribution is 2.10. The van der Waals surface area contributed by atoms with E-state index in [1.54, 1.807) is 0 Å². The number of ether oxygens (including phenoxy) is 2. The maximum atomic E-state index is 10.5. The van der Waals surface area contributed by atoms with Crippen molar-refractivity contribution in [1.82, 2.24) is 5.32 Å². The molecular weight excluding hydrogens is 466 g/mol. The van der Waals surface area contributed by atoms with E-state index in [9.17, 15) is 13.2 Å². The molecule has 0 saturated heterocycles. The number of carboxylic acids is 1. The minimum absolute atomic E-state index is 0.0506. The van der Waals surface area contributed by atoms with Crippen molar-refractivity contribution in [3.8, 4) is 0 Å². The lowest BCUT2D eigenvalue weighted by Crippen LogP contribution is -2.32. The van der Waals surface area contributed by atoms with Gasteiger partial charge in [0.15, 0.2) is 0 Å².